The van der Waals surface area contributed by atoms with E-state index in [-0.39, 0.29) is 6.04 Å². The Bertz CT molecular complexity index is 535. The Balaban J connectivity index is 2.22. The molecule has 1 aromatic rings. The lowest BCUT2D eigenvalue weighted by molar-refractivity contribution is -0.251. The van der Waals surface area contributed by atoms with Crippen molar-refractivity contribution in [3.8, 4) is 0 Å². The van der Waals surface area contributed by atoms with Gasteiger partial charge in [-0.2, -0.15) is 10.2 Å². The van der Waals surface area contributed by atoms with Gasteiger partial charge in [0.15, 0.2) is 11.3 Å². The zero-order valence-corrected chi connectivity index (χ0v) is 11.2. The van der Waals surface area contributed by atoms with Crippen molar-refractivity contribution in [1.82, 2.24) is 15.6 Å². The van der Waals surface area contributed by atoms with Crippen LogP contribution in [0.1, 0.15) is 26.3 Å². The topological polar surface area (TPSA) is 71.3 Å². The molecular weight excluding hydrogens is 244 g/mol. The molecular formula is C13H18N4O2. The van der Waals surface area contributed by atoms with Gasteiger partial charge in [0.2, 0.25) is 0 Å². The van der Waals surface area contributed by atoms with E-state index < -0.39 is 11.3 Å². The molecule has 3 atom stereocenters. The molecule has 19 heavy (non-hydrogen) atoms. The molecule has 1 aromatic carbocycles. The Morgan fingerprint density at radius 3 is 2.53 bits per heavy atom. The first-order valence-electron chi connectivity index (χ1n) is 6.30. The number of hydrogen-bond donors (Lipinski definition) is 3. The first-order chi connectivity index (χ1) is 8.95. The van der Waals surface area contributed by atoms with Crippen LogP contribution in [-0.2, 0) is 5.66 Å². The quantitative estimate of drug-likeness (QED) is 0.712. The van der Waals surface area contributed by atoms with Crippen molar-refractivity contribution in [3.63, 3.8) is 0 Å². The van der Waals surface area contributed by atoms with E-state index in [1.165, 1.54) is 0 Å². The Kier molecular flexibility index (Phi) is 2.49. The molecule has 0 aromatic heterocycles. The number of rotatable bonds is 1. The highest BCUT2D eigenvalue weighted by Crippen LogP contribution is 2.47. The summed E-state index contributed by atoms with van der Waals surface area (Å²) in [5.74, 6) is 0. The number of benzene rings is 1. The van der Waals surface area contributed by atoms with E-state index >= 15 is 0 Å². The van der Waals surface area contributed by atoms with E-state index in [0.717, 1.165) is 15.7 Å². The molecule has 102 valence electrons. The average molecular weight is 262 g/mol. The third kappa shape index (κ3) is 1.26. The number of nitrogens with one attached hydrogen (secondary N) is 1. The van der Waals surface area contributed by atoms with Crippen molar-refractivity contribution in [3.05, 3.63) is 35.9 Å². The number of hydrogen-bond acceptors (Lipinski definition) is 6. The lowest BCUT2D eigenvalue weighted by Crippen LogP contribution is -2.64. The molecule has 2 heterocycles. The summed E-state index contributed by atoms with van der Waals surface area (Å²) in [4.78, 5) is 0. The van der Waals surface area contributed by atoms with Gasteiger partial charge >= 0.3 is 0 Å². The molecule has 6 heteroatoms. The third-order valence-corrected chi connectivity index (χ3v) is 4.46. The standard InChI is InChI=1S/C13H18N4O2/c1-9-12(3)16(18)10(2)13(15-14-9,17(12)19)11-7-5-4-6-8-11/h4-8,10,15,18-19H,1-3H3/t10-,12+,13-/m1/s1. The first kappa shape index (κ1) is 12.6. The molecule has 0 aliphatic carbocycles. The molecule has 0 unspecified atom stereocenters. The summed E-state index contributed by atoms with van der Waals surface area (Å²) in [6.45, 7) is 5.36. The monoisotopic (exact) mass is 262 g/mol. The van der Waals surface area contributed by atoms with Crippen molar-refractivity contribution in [2.45, 2.75) is 38.1 Å². The van der Waals surface area contributed by atoms with Gasteiger partial charge in [0.05, 0.1) is 11.8 Å². The van der Waals surface area contributed by atoms with Gasteiger partial charge in [-0.3, -0.25) is 5.43 Å². The van der Waals surface area contributed by atoms with Crippen LogP contribution in [0.4, 0.5) is 0 Å². The molecule has 6 nitrogen and oxygen atoms in total. The average Bonchev–Trinajstić information content (AvgIpc) is 2.53. The molecule has 2 bridgehead atoms. The molecule has 2 aliphatic rings. The largest absolute Gasteiger partial charge is 0.311 e. The van der Waals surface area contributed by atoms with Gasteiger partial charge in [-0.05, 0) is 26.3 Å². The Labute approximate surface area is 111 Å². The zero-order valence-electron chi connectivity index (χ0n) is 11.2. The summed E-state index contributed by atoms with van der Waals surface area (Å²) >= 11 is 0. The van der Waals surface area contributed by atoms with Crippen molar-refractivity contribution in [2.75, 3.05) is 0 Å². The number of nitrogens with zero attached hydrogens (tertiary/aromatic N) is 3. The van der Waals surface area contributed by atoms with Crippen molar-refractivity contribution < 1.29 is 10.4 Å². The van der Waals surface area contributed by atoms with E-state index in [2.05, 4.69) is 10.5 Å². The zero-order chi connectivity index (χ0) is 13.8. The van der Waals surface area contributed by atoms with Gasteiger partial charge in [0.25, 0.3) is 0 Å². The summed E-state index contributed by atoms with van der Waals surface area (Å²) in [6.07, 6.45) is 0. The van der Waals surface area contributed by atoms with Gasteiger partial charge < -0.3 is 10.4 Å². The summed E-state index contributed by atoms with van der Waals surface area (Å²) in [5, 5.41) is 27.7. The predicted octanol–water partition coefficient (Wildman–Crippen LogP) is 1.32. The van der Waals surface area contributed by atoms with Crippen LogP contribution in [0.3, 0.4) is 0 Å². The minimum Gasteiger partial charge on any atom is -0.311 e. The number of fused-ring (bicyclic) bond motifs is 2. The fourth-order valence-electron chi connectivity index (χ4n) is 3.03. The first-order valence-corrected chi connectivity index (χ1v) is 6.30. The smallest absolute Gasteiger partial charge is 0.175 e. The maximum Gasteiger partial charge on any atom is 0.175 e. The normalized spacial score (nSPS) is 39.0. The van der Waals surface area contributed by atoms with E-state index in [9.17, 15) is 10.4 Å². The third-order valence-electron chi connectivity index (χ3n) is 4.46. The van der Waals surface area contributed by atoms with Crippen LogP contribution in [0, 0.1) is 0 Å². The Morgan fingerprint density at radius 2 is 1.89 bits per heavy atom. The minimum atomic E-state index is -1.03. The number of hydroxylamine groups is 4. The Hall–Kier alpha value is -1.47. The van der Waals surface area contributed by atoms with Crippen LogP contribution < -0.4 is 5.43 Å². The molecule has 3 N–H and O–H groups in total. The van der Waals surface area contributed by atoms with Crippen LogP contribution >= 0.6 is 0 Å². The summed E-state index contributed by atoms with van der Waals surface area (Å²) in [7, 11) is 0. The van der Waals surface area contributed by atoms with Crippen LogP contribution in [0.5, 0.6) is 0 Å². The van der Waals surface area contributed by atoms with Gasteiger partial charge in [0.1, 0.15) is 0 Å². The molecule has 1 saturated heterocycles. The van der Waals surface area contributed by atoms with Crippen LogP contribution in [0.25, 0.3) is 0 Å². The molecule has 2 aliphatic heterocycles. The molecule has 0 saturated carbocycles. The van der Waals surface area contributed by atoms with Crippen LogP contribution in [0.2, 0.25) is 0 Å². The van der Waals surface area contributed by atoms with E-state index in [4.69, 9.17) is 0 Å². The van der Waals surface area contributed by atoms with Crippen molar-refractivity contribution in [2.24, 2.45) is 5.10 Å². The molecule has 0 amide bonds. The maximum atomic E-state index is 10.7. The fraction of sp³-hybridized carbons (Fsp3) is 0.462. The second-order valence-electron chi connectivity index (χ2n) is 5.29. The Morgan fingerprint density at radius 1 is 1.26 bits per heavy atom. The summed E-state index contributed by atoms with van der Waals surface area (Å²) in [6, 6.07) is 9.15. The van der Waals surface area contributed by atoms with E-state index in [1.807, 2.05) is 37.3 Å². The maximum absolute atomic E-state index is 10.7. The molecule has 0 spiro atoms. The molecule has 3 rings (SSSR count). The van der Waals surface area contributed by atoms with Crippen LogP contribution in [-0.4, -0.2) is 38.0 Å². The van der Waals surface area contributed by atoms with E-state index in [0.29, 0.717) is 5.71 Å². The van der Waals surface area contributed by atoms with Gasteiger partial charge in [-0.25, -0.2) is 0 Å². The lowest BCUT2D eigenvalue weighted by Gasteiger charge is -2.43. The van der Waals surface area contributed by atoms with Gasteiger partial charge in [-0.1, -0.05) is 30.3 Å². The minimum absolute atomic E-state index is 0.369. The lowest BCUT2D eigenvalue weighted by atomic mass is 9.93. The van der Waals surface area contributed by atoms with E-state index in [1.54, 1.807) is 13.8 Å². The number of hydrazone groups is 1. The van der Waals surface area contributed by atoms with Crippen LogP contribution in [0.15, 0.2) is 35.4 Å². The van der Waals surface area contributed by atoms with Gasteiger partial charge in [0, 0.05) is 0 Å². The molecule has 0 radical (unpaired) electrons. The highest BCUT2D eigenvalue weighted by molar-refractivity contribution is 5.91. The van der Waals surface area contributed by atoms with Gasteiger partial charge in [-0.15, -0.1) is 5.06 Å². The highest BCUT2D eigenvalue weighted by Gasteiger charge is 2.66. The second kappa shape index (κ2) is 3.77. The fourth-order valence-corrected chi connectivity index (χ4v) is 3.03. The SMILES string of the molecule is CC1=NN[C@]2(c3ccccc3)[C@@H](C)N(O)[C@@]1(C)N2O. The van der Waals surface area contributed by atoms with Crippen molar-refractivity contribution >= 4 is 5.71 Å². The summed E-state index contributed by atoms with van der Waals surface area (Å²) in [5.41, 5.74) is 2.48. The molecule has 1 fully saturated rings. The summed E-state index contributed by atoms with van der Waals surface area (Å²) < 4.78 is 0. The van der Waals surface area contributed by atoms with Crippen molar-refractivity contribution in [1.29, 1.82) is 0 Å². The highest BCUT2D eigenvalue weighted by atomic mass is 16.6. The second-order valence-corrected chi connectivity index (χ2v) is 5.29. The predicted molar refractivity (Wildman–Crippen MR) is 69.5 cm³/mol.